The zero-order valence-corrected chi connectivity index (χ0v) is 11.0. The van der Waals surface area contributed by atoms with Crippen LogP contribution in [0, 0.1) is 0 Å². The maximum Gasteiger partial charge on any atom is 0.147 e. The van der Waals surface area contributed by atoms with Crippen LogP contribution < -0.4 is 0 Å². The van der Waals surface area contributed by atoms with Crippen molar-refractivity contribution < 1.29 is 14.4 Å². The fraction of sp³-hybridized carbons (Fsp3) is 0.400. The molecule has 3 nitrogen and oxygen atoms in total. The van der Waals surface area contributed by atoms with Gasteiger partial charge in [0.25, 0.3) is 0 Å². The first kappa shape index (κ1) is 16.2. The molecule has 98 valence electrons. The maximum absolute atomic E-state index is 11.4. The van der Waals surface area contributed by atoms with Crippen molar-refractivity contribution in [2.45, 2.75) is 39.5 Å². The summed E-state index contributed by atoms with van der Waals surface area (Å²) in [7, 11) is 0. The molecular formula is C15H20O3. The first-order valence-electron chi connectivity index (χ1n) is 6.03. The summed E-state index contributed by atoms with van der Waals surface area (Å²) in [6.07, 6.45) is 12.1. The van der Waals surface area contributed by atoms with Crippen molar-refractivity contribution >= 4 is 17.3 Å². The zero-order chi connectivity index (χ0) is 13.8. The Kier molecular flexibility index (Phi) is 9.37. The molecule has 0 aliphatic heterocycles. The van der Waals surface area contributed by atoms with Crippen molar-refractivity contribution in [1.29, 1.82) is 0 Å². The van der Waals surface area contributed by atoms with Gasteiger partial charge >= 0.3 is 0 Å². The molecule has 0 aromatic carbocycles. The summed E-state index contributed by atoms with van der Waals surface area (Å²) in [6.45, 7) is 3.28. The van der Waals surface area contributed by atoms with Gasteiger partial charge in [-0.05, 0) is 20.3 Å². The minimum Gasteiger partial charge on any atom is -0.300 e. The van der Waals surface area contributed by atoms with E-state index in [2.05, 4.69) is 0 Å². The van der Waals surface area contributed by atoms with E-state index in [-0.39, 0.29) is 30.2 Å². The van der Waals surface area contributed by atoms with Crippen LogP contribution >= 0.6 is 0 Å². The van der Waals surface area contributed by atoms with Gasteiger partial charge < -0.3 is 0 Å². The van der Waals surface area contributed by atoms with Gasteiger partial charge in [-0.15, -0.1) is 0 Å². The molecule has 0 bridgehead atoms. The summed E-state index contributed by atoms with van der Waals surface area (Å²) in [5, 5.41) is 0. The molecule has 0 unspecified atom stereocenters. The second kappa shape index (κ2) is 10.4. The summed E-state index contributed by atoms with van der Waals surface area (Å²) in [6, 6.07) is 0. The number of rotatable bonds is 9. The van der Waals surface area contributed by atoms with Gasteiger partial charge in [-0.3, -0.25) is 14.4 Å². The molecule has 0 rings (SSSR count). The first-order valence-corrected chi connectivity index (χ1v) is 6.03. The Labute approximate surface area is 108 Å². The highest BCUT2D eigenvalue weighted by atomic mass is 16.2. The molecule has 0 N–H and O–H groups in total. The van der Waals surface area contributed by atoms with Crippen molar-refractivity contribution in [3.63, 3.8) is 0 Å². The van der Waals surface area contributed by atoms with Gasteiger partial charge in [0.1, 0.15) is 17.3 Å². The summed E-state index contributed by atoms with van der Waals surface area (Å²) in [4.78, 5) is 33.2. The SMILES string of the molecule is CC=CC=CC=CCCC(=O)CC(=O)CC(C)=O. The van der Waals surface area contributed by atoms with Crippen LogP contribution in [-0.4, -0.2) is 17.3 Å². The third-order valence-electron chi connectivity index (χ3n) is 2.09. The minimum atomic E-state index is -0.288. The van der Waals surface area contributed by atoms with Gasteiger partial charge in [-0.25, -0.2) is 0 Å². The molecule has 0 aromatic heterocycles. The summed E-state index contributed by atoms with van der Waals surface area (Å²) in [5.74, 6) is -0.588. The largest absolute Gasteiger partial charge is 0.300 e. The number of carbonyl (C=O) groups excluding carboxylic acids is 3. The van der Waals surface area contributed by atoms with Crippen molar-refractivity contribution in [2.24, 2.45) is 0 Å². The van der Waals surface area contributed by atoms with E-state index in [1.165, 1.54) is 6.92 Å². The number of Topliss-reactive ketones (excluding diaryl/α,β-unsaturated/α-hetero) is 3. The van der Waals surface area contributed by atoms with Crippen LogP contribution in [0.15, 0.2) is 36.5 Å². The van der Waals surface area contributed by atoms with Gasteiger partial charge in [-0.1, -0.05) is 36.5 Å². The van der Waals surface area contributed by atoms with E-state index in [1.807, 2.05) is 43.4 Å². The standard InChI is InChI=1S/C15H20O3/c1-3-4-5-6-7-8-9-10-14(17)12-15(18)11-13(2)16/h3-8H,9-12H2,1-2H3. The van der Waals surface area contributed by atoms with Gasteiger partial charge in [0.05, 0.1) is 12.8 Å². The Morgan fingerprint density at radius 3 is 2.17 bits per heavy atom. The van der Waals surface area contributed by atoms with Crippen molar-refractivity contribution in [3.05, 3.63) is 36.5 Å². The molecule has 0 amide bonds. The maximum atomic E-state index is 11.4. The van der Waals surface area contributed by atoms with Gasteiger partial charge in [-0.2, -0.15) is 0 Å². The molecule has 0 fully saturated rings. The highest BCUT2D eigenvalue weighted by Crippen LogP contribution is 2.00. The van der Waals surface area contributed by atoms with E-state index in [1.54, 1.807) is 0 Å². The highest BCUT2D eigenvalue weighted by molar-refractivity contribution is 6.06. The predicted octanol–water partition coefficient (Wildman–Crippen LogP) is 2.96. The van der Waals surface area contributed by atoms with E-state index in [4.69, 9.17) is 0 Å². The van der Waals surface area contributed by atoms with Crippen molar-refractivity contribution in [2.75, 3.05) is 0 Å². The Bertz CT molecular complexity index is 373. The molecular weight excluding hydrogens is 228 g/mol. The number of hydrogen-bond acceptors (Lipinski definition) is 3. The molecule has 18 heavy (non-hydrogen) atoms. The molecule has 0 aromatic rings. The average molecular weight is 248 g/mol. The third kappa shape index (κ3) is 10.7. The quantitative estimate of drug-likeness (QED) is 0.465. The van der Waals surface area contributed by atoms with Crippen molar-refractivity contribution in [1.82, 2.24) is 0 Å². The first-order chi connectivity index (χ1) is 8.56. The highest BCUT2D eigenvalue weighted by Gasteiger charge is 2.10. The zero-order valence-electron chi connectivity index (χ0n) is 11.0. The lowest BCUT2D eigenvalue weighted by atomic mass is 10.1. The molecule has 0 spiro atoms. The fourth-order valence-corrected chi connectivity index (χ4v) is 1.31. The Hall–Kier alpha value is -1.77. The average Bonchev–Trinajstić information content (AvgIpc) is 2.26. The lowest BCUT2D eigenvalue weighted by Gasteiger charge is -1.96. The van der Waals surface area contributed by atoms with Crippen LogP contribution in [-0.2, 0) is 14.4 Å². The lowest BCUT2D eigenvalue weighted by Crippen LogP contribution is -2.10. The van der Waals surface area contributed by atoms with E-state index in [0.717, 1.165) is 0 Å². The van der Waals surface area contributed by atoms with E-state index < -0.39 is 0 Å². The Balaban J connectivity index is 3.77. The second-order valence-electron chi connectivity index (χ2n) is 4.01. The number of carbonyl (C=O) groups is 3. The molecule has 0 saturated heterocycles. The molecule has 0 aliphatic carbocycles. The van der Waals surface area contributed by atoms with Crippen molar-refractivity contribution in [3.8, 4) is 0 Å². The van der Waals surface area contributed by atoms with Gasteiger partial charge in [0.2, 0.25) is 0 Å². The van der Waals surface area contributed by atoms with E-state index in [9.17, 15) is 14.4 Å². The monoisotopic (exact) mass is 248 g/mol. The van der Waals surface area contributed by atoms with Crippen LogP contribution in [0.25, 0.3) is 0 Å². The summed E-state index contributed by atoms with van der Waals surface area (Å²) in [5.41, 5.74) is 0. The number of hydrogen-bond donors (Lipinski definition) is 0. The lowest BCUT2D eigenvalue weighted by molar-refractivity contribution is -0.129. The Morgan fingerprint density at radius 1 is 0.889 bits per heavy atom. The van der Waals surface area contributed by atoms with Crippen LogP contribution in [0.1, 0.15) is 39.5 Å². The molecule has 0 heterocycles. The normalized spacial score (nSPS) is 11.7. The van der Waals surface area contributed by atoms with Crippen LogP contribution in [0.2, 0.25) is 0 Å². The van der Waals surface area contributed by atoms with Crippen LogP contribution in [0.5, 0.6) is 0 Å². The van der Waals surface area contributed by atoms with E-state index in [0.29, 0.717) is 12.8 Å². The smallest absolute Gasteiger partial charge is 0.147 e. The van der Waals surface area contributed by atoms with Crippen LogP contribution in [0.3, 0.4) is 0 Å². The number of allylic oxidation sites excluding steroid dienone is 6. The topological polar surface area (TPSA) is 51.2 Å². The van der Waals surface area contributed by atoms with E-state index >= 15 is 0 Å². The fourth-order valence-electron chi connectivity index (χ4n) is 1.31. The molecule has 0 aliphatic rings. The molecule has 0 atom stereocenters. The van der Waals surface area contributed by atoms with Gasteiger partial charge in [0, 0.05) is 6.42 Å². The summed E-state index contributed by atoms with van der Waals surface area (Å²) < 4.78 is 0. The second-order valence-corrected chi connectivity index (χ2v) is 4.01. The molecule has 3 heteroatoms. The Morgan fingerprint density at radius 2 is 1.56 bits per heavy atom. The van der Waals surface area contributed by atoms with Crippen LogP contribution in [0.4, 0.5) is 0 Å². The third-order valence-corrected chi connectivity index (χ3v) is 2.09. The van der Waals surface area contributed by atoms with Gasteiger partial charge in [0.15, 0.2) is 0 Å². The number of ketones is 3. The summed E-state index contributed by atoms with van der Waals surface area (Å²) >= 11 is 0. The molecule has 0 saturated carbocycles. The predicted molar refractivity (Wildman–Crippen MR) is 72.3 cm³/mol. The minimum absolute atomic E-state index is 0.108. The molecule has 0 radical (unpaired) electrons.